The first-order valence-corrected chi connectivity index (χ1v) is 6.76. The maximum absolute atomic E-state index is 12.2. The van der Waals surface area contributed by atoms with Crippen LogP contribution < -0.4 is 0 Å². The van der Waals surface area contributed by atoms with Crippen LogP contribution in [-0.2, 0) is 17.6 Å². The SMILES string of the molecule is O=C(Cc1ccsc1)C1CCc2cccnc21. The van der Waals surface area contributed by atoms with Gasteiger partial charge in [-0.3, -0.25) is 9.78 Å². The van der Waals surface area contributed by atoms with Crippen molar-refractivity contribution in [3.8, 4) is 0 Å². The van der Waals surface area contributed by atoms with Crippen LogP contribution in [0.5, 0.6) is 0 Å². The molecule has 0 fully saturated rings. The monoisotopic (exact) mass is 243 g/mol. The minimum atomic E-state index is 0.0195. The van der Waals surface area contributed by atoms with Crippen LogP contribution in [0.4, 0.5) is 0 Å². The van der Waals surface area contributed by atoms with E-state index in [1.54, 1.807) is 17.5 Å². The summed E-state index contributed by atoms with van der Waals surface area (Å²) in [4.78, 5) is 16.6. The molecule has 3 heteroatoms. The van der Waals surface area contributed by atoms with Crippen molar-refractivity contribution in [3.63, 3.8) is 0 Å². The number of carbonyl (C=O) groups is 1. The van der Waals surface area contributed by atoms with Gasteiger partial charge in [0.25, 0.3) is 0 Å². The number of Topliss-reactive ketones (excluding diaryl/α,β-unsaturated/α-hetero) is 1. The van der Waals surface area contributed by atoms with Crippen LogP contribution in [-0.4, -0.2) is 10.8 Å². The lowest BCUT2D eigenvalue weighted by molar-refractivity contribution is -0.119. The molecule has 0 spiro atoms. The molecule has 0 N–H and O–H groups in total. The van der Waals surface area contributed by atoms with E-state index in [2.05, 4.69) is 11.1 Å². The highest BCUT2D eigenvalue weighted by Gasteiger charge is 2.29. The largest absolute Gasteiger partial charge is 0.299 e. The third kappa shape index (κ3) is 2.03. The Labute approximate surface area is 104 Å². The highest BCUT2D eigenvalue weighted by Crippen LogP contribution is 2.32. The first kappa shape index (κ1) is 10.7. The Kier molecular flexibility index (Phi) is 2.77. The van der Waals surface area contributed by atoms with Gasteiger partial charge in [-0.15, -0.1) is 0 Å². The fraction of sp³-hybridized carbons (Fsp3) is 0.286. The van der Waals surface area contributed by atoms with Crippen LogP contribution in [0.3, 0.4) is 0 Å². The zero-order chi connectivity index (χ0) is 11.7. The van der Waals surface area contributed by atoms with E-state index in [0.717, 1.165) is 24.1 Å². The van der Waals surface area contributed by atoms with Crippen LogP contribution in [0.1, 0.15) is 29.2 Å². The van der Waals surface area contributed by atoms with Crippen molar-refractivity contribution in [2.24, 2.45) is 0 Å². The summed E-state index contributed by atoms with van der Waals surface area (Å²) in [7, 11) is 0. The minimum absolute atomic E-state index is 0.0195. The summed E-state index contributed by atoms with van der Waals surface area (Å²) in [5.41, 5.74) is 3.38. The van der Waals surface area contributed by atoms with Crippen molar-refractivity contribution in [1.82, 2.24) is 4.98 Å². The quantitative estimate of drug-likeness (QED) is 0.829. The van der Waals surface area contributed by atoms with Gasteiger partial charge in [0.1, 0.15) is 5.78 Å². The molecule has 2 heterocycles. The van der Waals surface area contributed by atoms with Crippen molar-refractivity contribution in [2.75, 3.05) is 0 Å². The first-order valence-electron chi connectivity index (χ1n) is 5.82. The number of nitrogens with zero attached hydrogens (tertiary/aromatic N) is 1. The fourth-order valence-electron chi connectivity index (χ4n) is 2.44. The Balaban J connectivity index is 1.80. The van der Waals surface area contributed by atoms with Gasteiger partial charge in [0.05, 0.1) is 11.6 Å². The molecule has 17 heavy (non-hydrogen) atoms. The zero-order valence-corrected chi connectivity index (χ0v) is 10.2. The van der Waals surface area contributed by atoms with E-state index in [1.807, 2.05) is 22.9 Å². The third-order valence-corrected chi connectivity index (χ3v) is 4.04. The predicted octanol–water partition coefficient (Wildman–Crippen LogP) is 2.98. The molecule has 0 aliphatic heterocycles. The average Bonchev–Trinajstić information content (AvgIpc) is 2.96. The van der Waals surface area contributed by atoms with E-state index in [-0.39, 0.29) is 5.92 Å². The summed E-state index contributed by atoms with van der Waals surface area (Å²) in [5.74, 6) is 0.326. The number of aromatic nitrogens is 1. The highest BCUT2D eigenvalue weighted by molar-refractivity contribution is 7.08. The number of fused-ring (bicyclic) bond motifs is 1. The molecule has 0 aromatic carbocycles. The molecule has 3 rings (SSSR count). The van der Waals surface area contributed by atoms with Crippen LogP contribution >= 0.6 is 11.3 Å². The highest BCUT2D eigenvalue weighted by atomic mass is 32.1. The number of aryl methyl sites for hydroxylation is 1. The lowest BCUT2D eigenvalue weighted by Gasteiger charge is -2.08. The second kappa shape index (κ2) is 4.41. The molecule has 0 saturated carbocycles. The maximum Gasteiger partial charge on any atom is 0.146 e. The molecule has 1 aliphatic rings. The molecule has 0 saturated heterocycles. The summed E-state index contributed by atoms with van der Waals surface area (Å²) >= 11 is 1.64. The van der Waals surface area contributed by atoms with Gasteiger partial charge in [-0.25, -0.2) is 0 Å². The van der Waals surface area contributed by atoms with Crippen LogP contribution in [0.15, 0.2) is 35.2 Å². The number of pyridine rings is 1. The van der Waals surface area contributed by atoms with E-state index in [1.165, 1.54) is 5.56 Å². The van der Waals surface area contributed by atoms with Crippen LogP contribution in [0, 0.1) is 0 Å². The molecule has 2 aromatic heterocycles. The molecule has 0 amide bonds. The number of rotatable bonds is 3. The summed E-state index contributed by atoms with van der Waals surface area (Å²) in [6, 6.07) is 6.06. The van der Waals surface area contributed by atoms with Gasteiger partial charge in [0.15, 0.2) is 0 Å². The van der Waals surface area contributed by atoms with Gasteiger partial charge in [-0.1, -0.05) is 6.07 Å². The molecule has 1 atom stereocenters. The molecule has 1 aliphatic carbocycles. The standard InChI is InChI=1S/C14H13NOS/c16-13(8-10-5-7-17-9-10)12-4-3-11-2-1-6-15-14(11)12/h1-2,5-7,9,12H,3-4,8H2. The van der Waals surface area contributed by atoms with Crippen molar-refractivity contribution in [2.45, 2.75) is 25.2 Å². The third-order valence-electron chi connectivity index (χ3n) is 3.31. The van der Waals surface area contributed by atoms with Gasteiger partial charge in [0.2, 0.25) is 0 Å². The normalized spacial score (nSPS) is 18.0. The Morgan fingerprint density at radius 2 is 2.41 bits per heavy atom. The summed E-state index contributed by atoms with van der Waals surface area (Å²) in [6.07, 6.45) is 4.25. The molecule has 2 aromatic rings. The zero-order valence-electron chi connectivity index (χ0n) is 9.43. The Hall–Kier alpha value is -1.48. The van der Waals surface area contributed by atoms with Gasteiger partial charge in [0, 0.05) is 12.6 Å². The summed E-state index contributed by atoms with van der Waals surface area (Å²) < 4.78 is 0. The average molecular weight is 243 g/mol. The molecule has 86 valence electrons. The van der Waals surface area contributed by atoms with Crippen LogP contribution in [0.2, 0.25) is 0 Å². The lowest BCUT2D eigenvalue weighted by Crippen LogP contribution is -2.13. The molecule has 0 bridgehead atoms. The second-order valence-corrected chi connectivity index (χ2v) is 5.19. The van der Waals surface area contributed by atoms with E-state index < -0.39 is 0 Å². The molecule has 2 nitrogen and oxygen atoms in total. The first-order chi connectivity index (χ1) is 8.34. The van der Waals surface area contributed by atoms with Crippen LogP contribution in [0.25, 0.3) is 0 Å². The number of carbonyl (C=O) groups excluding carboxylic acids is 1. The Morgan fingerprint density at radius 3 is 3.24 bits per heavy atom. The molecule has 1 unspecified atom stereocenters. The second-order valence-electron chi connectivity index (χ2n) is 4.41. The van der Waals surface area contributed by atoms with Crippen molar-refractivity contribution in [1.29, 1.82) is 0 Å². The van der Waals surface area contributed by atoms with Crippen molar-refractivity contribution in [3.05, 3.63) is 52.0 Å². The molecule has 0 radical (unpaired) electrons. The Morgan fingerprint density at radius 1 is 1.47 bits per heavy atom. The number of hydrogen-bond acceptors (Lipinski definition) is 3. The number of thiophene rings is 1. The number of hydrogen-bond donors (Lipinski definition) is 0. The van der Waals surface area contributed by atoms with Gasteiger partial charge in [-0.05, 0) is 46.9 Å². The smallest absolute Gasteiger partial charge is 0.146 e. The van der Waals surface area contributed by atoms with E-state index in [4.69, 9.17) is 0 Å². The number of ketones is 1. The van der Waals surface area contributed by atoms with E-state index >= 15 is 0 Å². The van der Waals surface area contributed by atoms with Gasteiger partial charge < -0.3 is 0 Å². The Bertz CT molecular complexity index is 533. The molecular formula is C14H13NOS. The molecular weight excluding hydrogens is 230 g/mol. The maximum atomic E-state index is 12.2. The topological polar surface area (TPSA) is 30.0 Å². The fourth-order valence-corrected chi connectivity index (χ4v) is 3.11. The van der Waals surface area contributed by atoms with Crippen molar-refractivity contribution >= 4 is 17.1 Å². The summed E-state index contributed by atoms with van der Waals surface area (Å²) in [5, 5.41) is 4.07. The lowest BCUT2D eigenvalue weighted by atomic mass is 9.97. The van der Waals surface area contributed by atoms with E-state index in [9.17, 15) is 4.79 Å². The van der Waals surface area contributed by atoms with Gasteiger partial charge >= 0.3 is 0 Å². The summed E-state index contributed by atoms with van der Waals surface area (Å²) in [6.45, 7) is 0. The van der Waals surface area contributed by atoms with E-state index in [0.29, 0.717) is 12.2 Å². The van der Waals surface area contributed by atoms with Crippen molar-refractivity contribution < 1.29 is 4.79 Å². The minimum Gasteiger partial charge on any atom is -0.299 e. The predicted molar refractivity (Wildman–Crippen MR) is 68.3 cm³/mol. The van der Waals surface area contributed by atoms with Gasteiger partial charge in [-0.2, -0.15) is 11.3 Å².